The number of anilines is 2. The van der Waals surface area contributed by atoms with E-state index in [9.17, 15) is 31.1 Å². The summed E-state index contributed by atoms with van der Waals surface area (Å²) >= 11 is 0. The number of fused-ring (bicyclic) bond motifs is 1. The lowest BCUT2D eigenvalue weighted by Gasteiger charge is -2.38. The summed E-state index contributed by atoms with van der Waals surface area (Å²) in [6, 6.07) is 0.784. The van der Waals surface area contributed by atoms with E-state index in [0.717, 1.165) is 0 Å². The van der Waals surface area contributed by atoms with Gasteiger partial charge in [-0.25, -0.2) is 0 Å². The summed E-state index contributed by atoms with van der Waals surface area (Å²) in [4.78, 5) is 13.6. The van der Waals surface area contributed by atoms with Gasteiger partial charge in [0.15, 0.2) is 0 Å². The highest BCUT2D eigenvalue weighted by Gasteiger charge is 2.44. The molecule has 2 heterocycles. The Labute approximate surface area is 157 Å². The Hall–Kier alpha value is -2.17. The van der Waals surface area contributed by atoms with Gasteiger partial charge < -0.3 is 20.9 Å². The maximum absolute atomic E-state index is 13.4. The van der Waals surface area contributed by atoms with Crippen molar-refractivity contribution in [3.63, 3.8) is 0 Å². The van der Waals surface area contributed by atoms with Crippen molar-refractivity contribution in [2.75, 3.05) is 36.8 Å². The number of carbonyl (C=O) groups excluding carboxylic acids is 1. The van der Waals surface area contributed by atoms with Crippen molar-refractivity contribution in [1.82, 2.24) is 10.2 Å². The van der Waals surface area contributed by atoms with E-state index in [0.29, 0.717) is 19.2 Å². The monoisotopic (exact) mass is 410 g/mol. The Morgan fingerprint density at radius 3 is 2.32 bits per heavy atom. The van der Waals surface area contributed by atoms with Crippen molar-refractivity contribution in [1.29, 1.82) is 0 Å². The number of alkyl halides is 6. The van der Waals surface area contributed by atoms with Gasteiger partial charge >= 0.3 is 12.4 Å². The van der Waals surface area contributed by atoms with Gasteiger partial charge in [0.1, 0.15) is 6.17 Å². The highest BCUT2D eigenvalue weighted by molar-refractivity contribution is 5.80. The molecule has 2 aliphatic rings. The number of nitrogens with one attached hydrogen (secondary N) is 3. The third-order valence-electron chi connectivity index (χ3n) is 4.93. The zero-order chi connectivity index (χ0) is 20.9. The zero-order valence-corrected chi connectivity index (χ0v) is 15.2. The van der Waals surface area contributed by atoms with Crippen LogP contribution in [0.4, 0.5) is 37.7 Å². The summed E-state index contributed by atoms with van der Waals surface area (Å²) in [6.45, 7) is 4.93. The molecular weight excluding hydrogens is 390 g/mol. The maximum Gasteiger partial charge on any atom is 0.418 e. The quantitative estimate of drug-likeness (QED) is 0.669. The molecule has 0 aliphatic carbocycles. The Morgan fingerprint density at radius 1 is 1.07 bits per heavy atom. The largest absolute Gasteiger partial charge is 0.418 e. The lowest BCUT2D eigenvalue weighted by atomic mass is 9.88. The van der Waals surface area contributed by atoms with Crippen molar-refractivity contribution in [2.45, 2.75) is 32.4 Å². The molecule has 1 fully saturated rings. The van der Waals surface area contributed by atoms with Gasteiger partial charge in [-0.3, -0.25) is 4.79 Å². The molecule has 1 aromatic carbocycles. The number of benzene rings is 1. The number of carbonyl (C=O) groups is 1. The van der Waals surface area contributed by atoms with Gasteiger partial charge in [0.25, 0.3) is 0 Å². The highest BCUT2D eigenvalue weighted by Crippen LogP contribution is 2.47. The summed E-state index contributed by atoms with van der Waals surface area (Å²) in [5, 5.41) is 8.34. The van der Waals surface area contributed by atoms with E-state index in [1.807, 2.05) is 0 Å². The first-order chi connectivity index (χ1) is 12.8. The molecule has 5 nitrogen and oxygen atoms in total. The van der Waals surface area contributed by atoms with Gasteiger partial charge in [-0.2, -0.15) is 26.3 Å². The van der Waals surface area contributed by atoms with Crippen LogP contribution in [0.5, 0.6) is 0 Å². The van der Waals surface area contributed by atoms with Crippen LogP contribution in [-0.2, 0) is 17.1 Å². The molecular formula is C17H20F6N4O. The van der Waals surface area contributed by atoms with Gasteiger partial charge in [-0.05, 0) is 12.1 Å². The van der Waals surface area contributed by atoms with Gasteiger partial charge in [0.2, 0.25) is 5.91 Å². The smallest absolute Gasteiger partial charge is 0.363 e. The first-order valence-electron chi connectivity index (χ1n) is 8.63. The Bertz CT molecular complexity index is 774. The van der Waals surface area contributed by atoms with E-state index in [1.54, 1.807) is 18.7 Å². The van der Waals surface area contributed by atoms with Crippen molar-refractivity contribution in [3.05, 3.63) is 23.3 Å². The molecule has 11 heteroatoms. The average Bonchev–Trinajstić information content (AvgIpc) is 2.99. The van der Waals surface area contributed by atoms with E-state index in [1.165, 1.54) is 0 Å². The van der Waals surface area contributed by atoms with E-state index < -0.39 is 40.7 Å². The van der Waals surface area contributed by atoms with Crippen LogP contribution < -0.4 is 16.0 Å². The number of nitrogens with zero attached hydrogens (tertiary/aromatic N) is 1. The summed E-state index contributed by atoms with van der Waals surface area (Å²) in [5.41, 5.74) is -4.17. The number of rotatable bonds is 3. The molecule has 1 amide bonds. The number of amides is 1. The molecule has 2 aliphatic heterocycles. The van der Waals surface area contributed by atoms with E-state index in [2.05, 4.69) is 16.0 Å². The molecule has 156 valence electrons. The molecule has 1 aromatic rings. The maximum atomic E-state index is 13.4. The first kappa shape index (κ1) is 20.6. The predicted molar refractivity (Wildman–Crippen MR) is 90.7 cm³/mol. The Kier molecular flexibility index (Phi) is 4.93. The average molecular weight is 410 g/mol. The molecule has 1 unspecified atom stereocenters. The number of hydrogen-bond acceptors (Lipinski definition) is 4. The highest BCUT2D eigenvalue weighted by atomic mass is 19.4. The van der Waals surface area contributed by atoms with E-state index in [4.69, 9.17) is 0 Å². The van der Waals surface area contributed by atoms with Crippen molar-refractivity contribution in [3.8, 4) is 0 Å². The van der Waals surface area contributed by atoms with Gasteiger partial charge in [0, 0.05) is 25.0 Å². The Balaban J connectivity index is 1.89. The minimum Gasteiger partial charge on any atom is -0.363 e. The number of hydrogen-bond donors (Lipinski definition) is 3. The summed E-state index contributed by atoms with van der Waals surface area (Å²) in [7, 11) is 0. The lowest BCUT2D eigenvalue weighted by Crippen LogP contribution is -2.54. The van der Waals surface area contributed by atoms with Crippen molar-refractivity contribution >= 4 is 17.3 Å². The van der Waals surface area contributed by atoms with E-state index >= 15 is 0 Å². The van der Waals surface area contributed by atoms with Crippen LogP contribution in [0.3, 0.4) is 0 Å². The fraction of sp³-hybridized carbons (Fsp3) is 0.588. The molecule has 3 N–H and O–H groups in total. The van der Waals surface area contributed by atoms with Crippen molar-refractivity contribution in [2.24, 2.45) is 5.41 Å². The second kappa shape index (κ2) is 6.71. The number of halogens is 6. The first-order valence-corrected chi connectivity index (χ1v) is 8.63. The molecule has 0 spiro atoms. The minimum absolute atomic E-state index is 0.114. The van der Waals surface area contributed by atoms with Crippen LogP contribution in [0.2, 0.25) is 0 Å². The second-order valence-corrected chi connectivity index (χ2v) is 7.64. The number of piperazine rings is 1. The summed E-state index contributed by atoms with van der Waals surface area (Å²) in [6.07, 6.45) is -10.6. The second-order valence-electron chi connectivity index (χ2n) is 7.64. The van der Waals surface area contributed by atoms with Crippen LogP contribution in [0, 0.1) is 5.41 Å². The third kappa shape index (κ3) is 3.98. The molecule has 28 heavy (non-hydrogen) atoms. The van der Waals surface area contributed by atoms with Crippen LogP contribution >= 0.6 is 0 Å². The van der Waals surface area contributed by atoms with Gasteiger partial charge in [-0.15, -0.1) is 0 Å². The topological polar surface area (TPSA) is 56.4 Å². The summed E-state index contributed by atoms with van der Waals surface area (Å²) in [5.74, 6) is -0.134. The summed E-state index contributed by atoms with van der Waals surface area (Å²) < 4.78 is 79.2. The molecule has 1 atom stereocenters. The normalized spacial score (nSPS) is 20.6. The zero-order valence-electron chi connectivity index (χ0n) is 15.2. The van der Waals surface area contributed by atoms with Crippen LogP contribution in [0.1, 0.15) is 25.0 Å². The van der Waals surface area contributed by atoms with Crippen LogP contribution in [0.15, 0.2) is 12.1 Å². The molecule has 3 rings (SSSR count). The fourth-order valence-corrected chi connectivity index (χ4v) is 3.42. The molecule has 0 aromatic heterocycles. The van der Waals surface area contributed by atoms with Crippen LogP contribution in [-0.4, -0.2) is 43.2 Å². The molecule has 0 bridgehead atoms. The third-order valence-corrected chi connectivity index (χ3v) is 4.93. The minimum atomic E-state index is -4.95. The molecule has 0 radical (unpaired) electrons. The van der Waals surface area contributed by atoms with E-state index in [-0.39, 0.29) is 30.8 Å². The lowest BCUT2D eigenvalue weighted by molar-refractivity contribution is -0.142. The molecule has 0 saturated carbocycles. The van der Waals surface area contributed by atoms with Gasteiger partial charge in [-0.1, -0.05) is 13.8 Å². The van der Waals surface area contributed by atoms with Crippen LogP contribution in [0.25, 0.3) is 0 Å². The molecule has 1 saturated heterocycles. The van der Waals surface area contributed by atoms with Crippen molar-refractivity contribution < 1.29 is 31.1 Å². The SMILES string of the molecule is CC(C)(CN1CCNCC1=O)C1Nc2cc(C(F)(F)F)cc(C(F)(F)F)c2N1. The van der Waals surface area contributed by atoms with Gasteiger partial charge in [0.05, 0.1) is 29.0 Å². The predicted octanol–water partition coefficient (Wildman–Crippen LogP) is 3.35. The fourth-order valence-electron chi connectivity index (χ4n) is 3.42. The standard InChI is InChI=1S/C17H20F6N4O/c1-15(2,8-27-4-3-24-7-12(27)28)14-25-11-6-9(16(18,19)20)5-10(13(11)26-14)17(21,22)23/h5-6,14,24-26H,3-4,7-8H2,1-2H3. The Morgan fingerprint density at radius 2 is 1.75 bits per heavy atom.